The van der Waals surface area contributed by atoms with Crippen LogP contribution in [0.1, 0.15) is 18.1 Å². The summed E-state index contributed by atoms with van der Waals surface area (Å²) in [5.41, 5.74) is 8.41. The Kier molecular flexibility index (Phi) is 5.73. The van der Waals surface area contributed by atoms with Crippen molar-refractivity contribution in [2.75, 3.05) is 7.05 Å². The van der Waals surface area contributed by atoms with Crippen LogP contribution < -0.4 is 5.73 Å². The summed E-state index contributed by atoms with van der Waals surface area (Å²) in [6.07, 6.45) is 1.41. The Morgan fingerprint density at radius 2 is 1.41 bits per heavy atom. The van der Waals surface area contributed by atoms with Gasteiger partial charge in [-0.15, -0.1) is 0 Å². The van der Waals surface area contributed by atoms with E-state index in [1.165, 1.54) is 5.56 Å². The van der Waals surface area contributed by atoms with Gasteiger partial charge in [-0.1, -0.05) is 60.7 Å². The fourth-order valence-electron chi connectivity index (χ4n) is 2.53. The van der Waals surface area contributed by atoms with Gasteiger partial charge in [-0.05, 0) is 30.9 Å². The van der Waals surface area contributed by atoms with E-state index in [0.717, 1.165) is 12.0 Å². The van der Waals surface area contributed by atoms with Gasteiger partial charge in [-0.2, -0.15) is 0 Å². The monoisotopic (exact) mass is 296 g/mol. The van der Waals surface area contributed by atoms with Crippen molar-refractivity contribution >= 4 is 5.91 Å². The molecule has 2 aromatic carbocycles. The van der Waals surface area contributed by atoms with Gasteiger partial charge in [-0.3, -0.25) is 4.79 Å². The van der Waals surface area contributed by atoms with Crippen LogP contribution in [0.5, 0.6) is 0 Å². The SMILES string of the molecule is C[C@@H](Cc1ccccc1)N(C)C(=O)[C@@H](N)Cc1ccccc1. The lowest BCUT2D eigenvalue weighted by Crippen LogP contribution is -2.47. The van der Waals surface area contributed by atoms with Crippen LogP contribution in [0.2, 0.25) is 0 Å². The number of benzene rings is 2. The average molecular weight is 296 g/mol. The van der Waals surface area contributed by atoms with Crippen LogP contribution in [0, 0.1) is 0 Å². The molecule has 0 unspecified atom stereocenters. The van der Waals surface area contributed by atoms with Crippen LogP contribution in [0.25, 0.3) is 0 Å². The lowest BCUT2D eigenvalue weighted by atomic mass is 10.0. The zero-order valence-electron chi connectivity index (χ0n) is 13.3. The number of amides is 1. The summed E-state index contributed by atoms with van der Waals surface area (Å²) in [5, 5.41) is 0. The number of rotatable bonds is 6. The summed E-state index contributed by atoms with van der Waals surface area (Å²) in [7, 11) is 1.83. The number of nitrogens with two attached hydrogens (primary N) is 1. The van der Waals surface area contributed by atoms with Crippen molar-refractivity contribution < 1.29 is 4.79 Å². The zero-order valence-corrected chi connectivity index (χ0v) is 13.3. The summed E-state index contributed by atoms with van der Waals surface area (Å²) < 4.78 is 0. The Balaban J connectivity index is 1.93. The maximum Gasteiger partial charge on any atom is 0.239 e. The lowest BCUT2D eigenvalue weighted by Gasteiger charge is -2.28. The van der Waals surface area contributed by atoms with Crippen LogP contribution in [0.3, 0.4) is 0 Å². The molecule has 0 saturated heterocycles. The average Bonchev–Trinajstić information content (AvgIpc) is 2.55. The first-order chi connectivity index (χ1) is 10.6. The maximum absolute atomic E-state index is 12.5. The minimum absolute atomic E-state index is 0.00714. The molecule has 2 N–H and O–H groups in total. The Morgan fingerprint density at radius 3 is 1.91 bits per heavy atom. The number of hydrogen-bond acceptors (Lipinski definition) is 2. The molecule has 22 heavy (non-hydrogen) atoms. The summed E-state index contributed by atoms with van der Waals surface area (Å²) in [6.45, 7) is 2.06. The molecule has 2 aromatic rings. The van der Waals surface area contributed by atoms with Crippen LogP contribution >= 0.6 is 0 Å². The minimum Gasteiger partial charge on any atom is -0.341 e. The van der Waals surface area contributed by atoms with Gasteiger partial charge in [-0.25, -0.2) is 0 Å². The first-order valence-corrected chi connectivity index (χ1v) is 7.68. The molecule has 116 valence electrons. The smallest absolute Gasteiger partial charge is 0.239 e. The van der Waals surface area contributed by atoms with Gasteiger partial charge >= 0.3 is 0 Å². The summed E-state index contributed by atoms with van der Waals surface area (Å²) in [4.78, 5) is 14.2. The Morgan fingerprint density at radius 1 is 0.955 bits per heavy atom. The Labute approximate surface area is 132 Å². The van der Waals surface area contributed by atoms with Gasteiger partial charge in [0.15, 0.2) is 0 Å². The van der Waals surface area contributed by atoms with Gasteiger partial charge in [0.05, 0.1) is 6.04 Å². The van der Waals surface area contributed by atoms with Crippen molar-refractivity contribution in [1.82, 2.24) is 4.90 Å². The summed E-state index contributed by atoms with van der Waals surface area (Å²) in [5.74, 6) is -0.00714. The van der Waals surface area contributed by atoms with Gasteiger partial charge in [0.1, 0.15) is 0 Å². The highest BCUT2D eigenvalue weighted by atomic mass is 16.2. The molecule has 1 amide bonds. The van der Waals surface area contributed by atoms with E-state index < -0.39 is 6.04 Å². The van der Waals surface area contributed by atoms with E-state index in [1.54, 1.807) is 4.90 Å². The number of carbonyl (C=O) groups excluding carboxylic acids is 1. The number of nitrogens with zero attached hydrogens (tertiary/aromatic N) is 1. The molecule has 2 rings (SSSR count). The van der Waals surface area contributed by atoms with Crippen molar-refractivity contribution in [3.63, 3.8) is 0 Å². The predicted octanol–water partition coefficient (Wildman–Crippen LogP) is 2.65. The number of carbonyl (C=O) groups is 1. The Bertz CT molecular complexity index is 583. The van der Waals surface area contributed by atoms with Crippen molar-refractivity contribution in [2.45, 2.75) is 31.8 Å². The molecule has 0 heterocycles. The van der Waals surface area contributed by atoms with Crippen molar-refractivity contribution in [1.29, 1.82) is 0 Å². The zero-order chi connectivity index (χ0) is 15.9. The predicted molar refractivity (Wildman–Crippen MR) is 90.5 cm³/mol. The second-order valence-electron chi connectivity index (χ2n) is 5.78. The molecule has 0 bridgehead atoms. The summed E-state index contributed by atoms with van der Waals surface area (Å²) in [6, 6.07) is 19.7. The highest BCUT2D eigenvalue weighted by Gasteiger charge is 2.22. The molecule has 0 aromatic heterocycles. The van der Waals surface area contributed by atoms with E-state index in [1.807, 2.05) is 55.6 Å². The topological polar surface area (TPSA) is 46.3 Å². The van der Waals surface area contributed by atoms with E-state index in [9.17, 15) is 4.79 Å². The fourth-order valence-corrected chi connectivity index (χ4v) is 2.53. The molecule has 3 heteroatoms. The van der Waals surface area contributed by atoms with Crippen LogP contribution in [0.4, 0.5) is 0 Å². The van der Waals surface area contributed by atoms with Gasteiger partial charge in [0.25, 0.3) is 0 Å². The number of hydrogen-bond donors (Lipinski definition) is 1. The quantitative estimate of drug-likeness (QED) is 0.891. The molecule has 2 atom stereocenters. The largest absolute Gasteiger partial charge is 0.341 e. The molecule has 0 spiro atoms. The van der Waals surface area contributed by atoms with E-state index in [4.69, 9.17) is 5.73 Å². The summed E-state index contributed by atoms with van der Waals surface area (Å²) >= 11 is 0. The van der Waals surface area contributed by atoms with Crippen LogP contribution in [-0.4, -0.2) is 29.9 Å². The maximum atomic E-state index is 12.5. The number of likely N-dealkylation sites (N-methyl/N-ethyl adjacent to an activating group) is 1. The van der Waals surface area contributed by atoms with E-state index in [0.29, 0.717) is 6.42 Å². The molecule has 0 saturated carbocycles. The third-order valence-electron chi connectivity index (χ3n) is 4.00. The van der Waals surface area contributed by atoms with E-state index in [2.05, 4.69) is 19.1 Å². The first kappa shape index (κ1) is 16.2. The van der Waals surface area contributed by atoms with E-state index in [-0.39, 0.29) is 11.9 Å². The minimum atomic E-state index is -0.495. The molecule has 3 nitrogen and oxygen atoms in total. The molecular formula is C19H24N2O. The van der Waals surface area contributed by atoms with Gasteiger partial charge in [0.2, 0.25) is 5.91 Å². The van der Waals surface area contributed by atoms with Crippen molar-refractivity contribution in [3.05, 3.63) is 71.8 Å². The van der Waals surface area contributed by atoms with Crippen LogP contribution in [0.15, 0.2) is 60.7 Å². The molecule has 0 fully saturated rings. The van der Waals surface area contributed by atoms with Crippen molar-refractivity contribution in [2.24, 2.45) is 5.73 Å². The molecule has 0 aliphatic heterocycles. The Hall–Kier alpha value is -2.13. The highest BCUT2D eigenvalue weighted by molar-refractivity contribution is 5.82. The lowest BCUT2D eigenvalue weighted by molar-refractivity contribution is -0.133. The molecule has 0 radical (unpaired) electrons. The molecule has 0 aliphatic rings. The normalized spacial score (nSPS) is 13.4. The second-order valence-corrected chi connectivity index (χ2v) is 5.78. The standard InChI is InChI=1S/C19H24N2O/c1-15(13-16-9-5-3-6-10-16)21(2)19(22)18(20)14-17-11-7-4-8-12-17/h3-12,15,18H,13-14,20H2,1-2H3/t15-,18-/m0/s1. The second kappa shape index (κ2) is 7.76. The van der Waals surface area contributed by atoms with E-state index >= 15 is 0 Å². The third kappa shape index (κ3) is 4.43. The first-order valence-electron chi connectivity index (χ1n) is 7.68. The van der Waals surface area contributed by atoms with Crippen LogP contribution in [-0.2, 0) is 17.6 Å². The highest BCUT2D eigenvalue weighted by Crippen LogP contribution is 2.10. The van der Waals surface area contributed by atoms with Crippen molar-refractivity contribution in [3.8, 4) is 0 Å². The third-order valence-corrected chi connectivity index (χ3v) is 4.00. The molecular weight excluding hydrogens is 272 g/mol. The fraction of sp³-hybridized carbons (Fsp3) is 0.316. The van der Waals surface area contributed by atoms with Gasteiger partial charge < -0.3 is 10.6 Å². The molecule has 0 aliphatic carbocycles. The van der Waals surface area contributed by atoms with Gasteiger partial charge in [0, 0.05) is 13.1 Å².